The van der Waals surface area contributed by atoms with Crippen LogP contribution in [0.25, 0.3) is 5.95 Å². The molecule has 8 heteroatoms. The molecule has 0 aromatic carbocycles. The highest BCUT2D eigenvalue weighted by Crippen LogP contribution is 2.14. The molecule has 0 bridgehead atoms. The second-order valence-corrected chi connectivity index (χ2v) is 4.43. The Morgan fingerprint density at radius 2 is 2.20 bits per heavy atom. The Hall–Kier alpha value is -2.41. The molecule has 0 radical (unpaired) electrons. The Kier molecular flexibility index (Phi) is 3.34. The summed E-state index contributed by atoms with van der Waals surface area (Å²) in [4.78, 5) is 14.3. The number of anilines is 1. The minimum absolute atomic E-state index is 0.117. The van der Waals surface area contributed by atoms with Crippen molar-refractivity contribution in [2.24, 2.45) is 0 Å². The Bertz CT molecular complexity index is 682. The molecule has 3 aromatic heterocycles. The van der Waals surface area contributed by atoms with Crippen molar-refractivity contribution in [3.63, 3.8) is 0 Å². The Morgan fingerprint density at radius 1 is 1.30 bits per heavy atom. The molecule has 0 aliphatic carbocycles. The van der Waals surface area contributed by atoms with Crippen molar-refractivity contribution in [1.82, 2.24) is 24.7 Å². The van der Waals surface area contributed by atoms with Crippen LogP contribution in [0.4, 0.5) is 5.95 Å². The van der Waals surface area contributed by atoms with Crippen LogP contribution in [0.1, 0.15) is 5.76 Å². The molecule has 0 saturated heterocycles. The van der Waals surface area contributed by atoms with Crippen LogP contribution >= 0.6 is 11.6 Å². The first-order valence-corrected chi connectivity index (χ1v) is 6.25. The molecule has 3 aromatic rings. The molecular formula is C12H11ClN6O. The van der Waals surface area contributed by atoms with E-state index in [9.17, 15) is 0 Å². The van der Waals surface area contributed by atoms with Crippen LogP contribution in [-0.2, 0) is 6.54 Å². The third-order valence-corrected chi connectivity index (χ3v) is 2.78. The number of nitrogens with zero attached hydrogens (tertiary/aromatic N) is 6. The summed E-state index contributed by atoms with van der Waals surface area (Å²) in [6, 6.07) is 5.50. The summed E-state index contributed by atoms with van der Waals surface area (Å²) in [7, 11) is 1.85. The first-order chi connectivity index (χ1) is 9.72. The number of aromatic nitrogens is 5. The van der Waals surface area contributed by atoms with Gasteiger partial charge in [-0.25, -0.2) is 4.68 Å². The fraction of sp³-hybridized carbons (Fsp3) is 0.167. The summed E-state index contributed by atoms with van der Waals surface area (Å²) in [5.41, 5.74) is 0. The lowest BCUT2D eigenvalue weighted by Crippen LogP contribution is -2.20. The summed E-state index contributed by atoms with van der Waals surface area (Å²) < 4.78 is 6.82. The standard InChI is InChI=1S/C12H11ClN6O/c1-18(8-9-4-2-7-20-9)11-15-10(13)16-12(17-11)19-6-3-5-14-19/h2-7H,8H2,1H3. The minimum atomic E-state index is 0.117. The molecule has 0 aliphatic rings. The highest BCUT2D eigenvalue weighted by molar-refractivity contribution is 6.28. The number of rotatable bonds is 4. The van der Waals surface area contributed by atoms with Gasteiger partial charge in [-0.05, 0) is 29.8 Å². The van der Waals surface area contributed by atoms with Crippen LogP contribution < -0.4 is 4.90 Å². The summed E-state index contributed by atoms with van der Waals surface area (Å²) in [5.74, 6) is 1.63. The van der Waals surface area contributed by atoms with Crippen LogP contribution in [0.5, 0.6) is 0 Å². The molecule has 0 atom stereocenters. The lowest BCUT2D eigenvalue weighted by atomic mass is 10.4. The molecule has 0 N–H and O–H groups in total. The zero-order valence-corrected chi connectivity index (χ0v) is 11.4. The molecule has 0 amide bonds. The van der Waals surface area contributed by atoms with Gasteiger partial charge in [0, 0.05) is 19.4 Å². The molecule has 0 saturated carbocycles. The molecule has 7 nitrogen and oxygen atoms in total. The SMILES string of the molecule is CN(Cc1ccco1)c1nc(Cl)nc(-n2cccn2)n1. The highest BCUT2D eigenvalue weighted by Gasteiger charge is 2.12. The van der Waals surface area contributed by atoms with Crippen LogP contribution in [0.15, 0.2) is 41.3 Å². The predicted octanol–water partition coefficient (Wildman–Crippen LogP) is 1.94. The fourth-order valence-electron chi connectivity index (χ4n) is 1.70. The third-order valence-electron chi connectivity index (χ3n) is 2.61. The minimum Gasteiger partial charge on any atom is -0.467 e. The van der Waals surface area contributed by atoms with Crippen LogP contribution in [0, 0.1) is 0 Å². The maximum absolute atomic E-state index is 5.94. The van der Waals surface area contributed by atoms with Gasteiger partial charge in [0.25, 0.3) is 5.95 Å². The van der Waals surface area contributed by atoms with Crippen molar-refractivity contribution < 1.29 is 4.42 Å². The van der Waals surface area contributed by atoms with Crippen LogP contribution in [-0.4, -0.2) is 31.8 Å². The summed E-state index contributed by atoms with van der Waals surface area (Å²) in [5, 5.41) is 4.19. The van der Waals surface area contributed by atoms with Gasteiger partial charge < -0.3 is 9.32 Å². The largest absolute Gasteiger partial charge is 0.467 e. The summed E-state index contributed by atoms with van der Waals surface area (Å²) in [6.07, 6.45) is 5.00. The summed E-state index contributed by atoms with van der Waals surface area (Å²) in [6.45, 7) is 0.534. The maximum Gasteiger partial charge on any atom is 0.256 e. The summed E-state index contributed by atoms with van der Waals surface area (Å²) >= 11 is 5.94. The second kappa shape index (κ2) is 5.30. The van der Waals surface area contributed by atoms with Gasteiger partial charge in [0.2, 0.25) is 11.2 Å². The molecule has 3 heterocycles. The average molecular weight is 291 g/mol. The van der Waals surface area contributed by atoms with E-state index in [0.717, 1.165) is 5.76 Å². The predicted molar refractivity (Wildman–Crippen MR) is 72.8 cm³/mol. The van der Waals surface area contributed by atoms with E-state index >= 15 is 0 Å². The Morgan fingerprint density at radius 3 is 2.90 bits per heavy atom. The van der Waals surface area contributed by atoms with Gasteiger partial charge >= 0.3 is 0 Å². The smallest absolute Gasteiger partial charge is 0.256 e. The van der Waals surface area contributed by atoms with E-state index in [1.54, 1.807) is 24.7 Å². The zero-order chi connectivity index (χ0) is 13.9. The maximum atomic E-state index is 5.94. The second-order valence-electron chi connectivity index (χ2n) is 4.09. The van der Waals surface area contributed by atoms with E-state index < -0.39 is 0 Å². The number of furan rings is 1. The van der Waals surface area contributed by atoms with E-state index in [1.807, 2.05) is 24.1 Å². The van der Waals surface area contributed by atoms with Gasteiger partial charge in [0.1, 0.15) is 5.76 Å². The molecule has 3 rings (SSSR count). The van der Waals surface area contributed by atoms with Crippen molar-refractivity contribution in [3.8, 4) is 5.95 Å². The quantitative estimate of drug-likeness (QED) is 0.731. The third kappa shape index (κ3) is 2.62. The monoisotopic (exact) mass is 290 g/mol. The Balaban J connectivity index is 1.89. The molecule has 0 aliphatic heterocycles. The van der Waals surface area contributed by atoms with Crippen molar-refractivity contribution in [2.75, 3.05) is 11.9 Å². The topological polar surface area (TPSA) is 72.9 Å². The van der Waals surface area contributed by atoms with Gasteiger partial charge in [-0.2, -0.15) is 20.1 Å². The first kappa shape index (κ1) is 12.6. The number of halogens is 1. The molecule has 102 valence electrons. The van der Waals surface area contributed by atoms with E-state index in [4.69, 9.17) is 16.0 Å². The van der Waals surface area contributed by atoms with Gasteiger partial charge in [-0.15, -0.1) is 0 Å². The zero-order valence-electron chi connectivity index (χ0n) is 10.6. The van der Waals surface area contributed by atoms with E-state index in [-0.39, 0.29) is 5.28 Å². The van der Waals surface area contributed by atoms with Crippen molar-refractivity contribution in [3.05, 3.63) is 47.9 Å². The first-order valence-electron chi connectivity index (χ1n) is 5.87. The molecule has 0 fully saturated rings. The lowest BCUT2D eigenvalue weighted by molar-refractivity contribution is 0.506. The lowest BCUT2D eigenvalue weighted by Gasteiger charge is -2.15. The molecule has 0 spiro atoms. The average Bonchev–Trinajstić information content (AvgIpc) is 3.11. The number of hydrogen-bond acceptors (Lipinski definition) is 6. The van der Waals surface area contributed by atoms with E-state index in [2.05, 4.69) is 20.1 Å². The van der Waals surface area contributed by atoms with Crippen molar-refractivity contribution in [1.29, 1.82) is 0 Å². The van der Waals surface area contributed by atoms with Gasteiger partial charge in [-0.1, -0.05) is 0 Å². The highest BCUT2D eigenvalue weighted by atomic mass is 35.5. The van der Waals surface area contributed by atoms with Gasteiger partial charge in [0.05, 0.1) is 12.8 Å². The Labute approximate surface area is 119 Å². The van der Waals surface area contributed by atoms with E-state index in [1.165, 1.54) is 4.68 Å². The normalized spacial score (nSPS) is 10.7. The van der Waals surface area contributed by atoms with E-state index in [0.29, 0.717) is 18.4 Å². The van der Waals surface area contributed by atoms with Crippen LogP contribution in [0.3, 0.4) is 0 Å². The van der Waals surface area contributed by atoms with Crippen molar-refractivity contribution in [2.45, 2.75) is 6.54 Å². The molecule has 20 heavy (non-hydrogen) atoms. The van der Waals surface area contributed by atoms with Crippen LogP contribution in [0.2, 0.25) is 5.28 Å². The molecule has 0 unspecified atom stereocenters. The van der Waals surface area contributed by atoms with Gasteiger partial charge in [-0.3, -0.25) is 0 Å². The van der Waals surface area contributed by atoms with Crippen molar-refractivity contribution >= 4 is 17.5 Å². The van der Waals surface area contributed by atoms with Gasteiger partial charge in [0.15, 0.2) is 0 Å². The fourth-order valence-corrected chi connectivity index (χ4v) is 1.85. The number of hydrogen-bond donors (Lipinski definition) is 0. The molecular weight excluding hydrogens is 280 g/mol.